The van der Waals surface area contributed by atoms with Gasteiger partial charge < -0.3 is 15.8 Å². The van der Waals surface area contributed by atoms with Gasteiger partial charge in [-0.25, -0.2) is 23.9 Å². The van der Waals surface area contributed by atoms with E-state index in [2.05, 4.69) is 9.97 Å². The minimum atomic E-state index is -1.19. The zero-order chi connectivity index (χ0) is 16.3. The van der Waals surface area contributed by atoms with Crippen LogP contribution in [-0.4, -0.2) is 47.7 Å². The van der Waals surface area contributed by atoms with Crippen LogP contribution in [0.3, 0.4) is 0 Å². The Labute approximate surface area is 122 Å². The standard InChI is InChI=1S/C11H14N6O5/c12-7(3-6-4-13-5-14-6)8(19)17-10(21)15-9(20)16(1-2-18)11(17)22/h4-5,7,18H,1-3,12H2,(H,13,14)(H,15,20,21)/t7-/m0/s1. The summed E-state index contributed by atoms with van der Waals surface area (Å²) in [6.45, 7) is -0.856. The summed E-state index contributed by atoms with van der Waals surface area (Å²) in [5.74, 6) is -0.971. The number of aliphatic hydroxyl groups is 1. The number of nitrogens with two attached hydrogens (primary N) is 1. The van der Waals surface area contributed by atoms with E-state index in [4.69, 9.17) is 10.8 Å². The van der Waals surface area contributed by atoms with Crippen molar-refractivity contribution >= 4 is 5.91 Å². The summed E-state index contributed by atoms with van der Waals surface area (Å²) in [7, 11) is 0. The van der Waals surface area contributed by atoms with Gasteiger partial charge in [0.25, 0.3) is 5.91 Å². The number of rotatable bonds is 5. The number of aromatic amines is 2. The first-order valence-corrected chi connectivity index (χ1v) is 6.30. The molecule has 118 valence electrons. The molecule has 11 nitrogen and oxygen atoms in total. The molecular formula is C11H14N6O5. The first-order chi connectivity index (χ1) is 10.5. The topological polar surface area (TPSA) is 169 Å². The number of imidazole rings is 1. The molecule has 0 bridgehead atoms. The minimum Gasteiger partial charge on any atom is -0.395 e. The van der Waals surface area contributed by atoms with Crippen molar-refractivity contribution in [3.63, 3.8) is 0 Å². The zero-order valence-corrected chi connectivity index (χ0v) is 11.4. The number of hydrogen-bond acceptors (Lipinski definition) is 7. The lowest BCUT2D eigenvalue weighted by Gasteiger charge is -2.11. The highest BCUT2D eigenvalue weighted by Crippen LogP contribution is 1.97. The second-order valence-corrected chi connectivity index (χ2v) is 4.44. The Morgan fingerprint density at radius 1 is 1.36 bits per heavy atom. The molecule has 2 aromatic heterocycles. The molecule has 0 unspecified atom stereocenters. The fourth-order valence-electron chi connectivity index (χ4n) is 1.88. The van der Waals surface area contributed by atoms with E-state index in [-0.39, 0.29) is 17.5 Å². The van der Waals surface area contributed by atoms with Crippen molar-refractivity contribution in [2.45, 2.75) is 19.0 Å². The smallest absolute Gasteiger partial charge is 0.343 e. The van der Waals surface area contributed by atoms with Crippen LogP contribution in [0.15, 0.2) is 26.9 Å². The molecule has 2 aromatic rings. The van der Waals surface area contributed by atoms with Crippen molar-refractivity contribution in [3.8, 4) is 0 Å². The highest BCUT2D eigenvalue weighted by Gasteiger charge is 2.22. The van der Waals surface area contributed by atoms with E-state index >= 15 is 0 Å². The average Bonchev–Trinajstić information content (AvgIpc) is 2.95. The Hall–Kier alpha value is -2.79. The maximum Gasteiger partial charge on any atom is 0.343 e. The Morgan fingerprint density at radius 3 is 2.68 bits per heavy atom. The molecule has 11 heteroatoms. The van der Waals surface area contributed by atoms with Gasteiger partial charge >= 0.3 is 17.1 Å². The Bertz CT molecular complexity index is 830. The number of carbonyl (C=O) groups is 1. The van der Waals surface area contributed by atoms with Crippen LogP contribution in [-0.2, 0) is 13.0 Å². The van der Waals surface area contributed by atoms with Crippen molar-refractivity contribution in [1.29, 1.82) is 0 Å². The zero-order valence-electron chi connectivity index (χ0n) is 11.4. The molecule has 0 spiro atoms. The highest BCUT2D eigenvalue weighted by molar-refractivity contribution is 5.83. The number of hydrogen-bond donors (Lipinski definition) is 4. The van der Waals surface area contributed by atoms with Crippen molar-refractivity contribution in [2.75, 3.05) is 6.61 Å². The maximum absolute atomic E-state index is 12.2. The van der Waals surface area contributed by atoms with Gasteiger partial charge in [0.15, 0.2) is 0 Å². The van der Waals surface area contributed by atoms with E-state index in [1.807, 2.05) is 4.98 Å². The summed E-state index contributed by atoms with van der Waals surface area (Å²) in [6, 6.07) is -1.19. The molecule has 5 N–H and O–H groups in total. The third-order valence-corrected chi connectivity index (χ3v) is 2.93. The normalized spacial score (nSPS) is 12.3. The van der Waals surface area contributed by atoms with Crippen LogP contribution in [0.25, 0.3) is 0 Å². The Kier molecular flexibility index (Phi) is 4.48. The van der Waals surface area contributed by atoms with E-state index in [1.54, 1.807) is 0 Å². The van der Waals surface area contributed by atoms with Crippen LogP contribution < -0.4 is 22.8 Å². The fourth-order valence-corrected chi connectivity index (χ4v) is 1.88. The predicted octanol–water partition coefficient (Wildman–Crippen LogP) is -3.38. The molecule has 2 heterocycles. The van der Waals surface area contributed by atoms with Gasteiger partial charge in [0, 0.05) is 12.6 Å². The van der Waals surface area contributed by atoms with Crippen molar-refractivity contribution in [2.24, 2.45) is 5.73 Å². The molecule has 0 amide bonds. The molecule has 22 heavy (non-hydrogen) atoms. The van der Waals surface area contributed by atoms with Crippen LogP contribution in [0.2, 0.25) is 0 Å². The number of nitrogens with zero attached hydrogens (tertiary/aromatic N) is 3. The number of carbonyl (C=O) groups excluding carboxylic acids is 1. The van der Waals surface area contributed by atoms with E-state index in [0.29, 0.717) is 10.3 Å². The summed E-state index contributed by atoms with van der Waals surface area (Å²) in [6.07, 6.45) is 2.92. The molecule has 0 aliphatic heterocycles. The monoisotopic (exact) mass is 310 g/mol. The predicted molar refractivity (Wildman–Crippen MR) is 73.6 cm³/mol. The SMILES string of the molecule is N[C@@H](Cc1c[nH]cn1)C(=O)n1c(=O)[nH]c(=O)n(CCO)c1=O. The molecular weight excluding hydrogens is 296 g/mol. The lowest BCUT2D eigenvalue weighted by Crippen LogP contribution is -2.55. The highest BCUT2D eigenvalue weighted by atomic mass is 16.3. The lowest BCUT2D eigenvalue weighted by molar-refractivity contribution is 0.0862. The quantitative estimate of drug-likeness (QED) is 0.446. The molecule has 2 rings (SSSR count). The molecule has 0 aliphatic rings. The summed E-state index contributed by atoms with van der Waals surface area (Å²) >= 11 is 0. The van der Waals surface area contributed by atoms with Crippen LogP contribution in [0, 0.1) is 0 Å². The van der Waals surface area contributed by atoms with E-state index in [9.17, 15) is 19.2 Å². The van der Waals surface area contributed by atoms with Gasteiger partial charge in [0.2, 0.25) is 0 Å². The number of nitrogens with one attached hydrogen (secondary N) is 2. The molecule has 1 atom stereocenters. The number of aliphatic hydroxyl groups excluding tert-OH is 1. The third-order valence-electron chi connectivity index (χ3n) is 2.93. The van der Waals surface area contributed by atoms with Crippen LogP contribution in [0.4, 0.5) is 0 Å². The molecule has 0 radical (unpaired) electrons. The minimum absolute atomic E-state index is 0.00728. The van der Waals surface area contributed by atoms with Gasteiger partial charge in [0.1, 0.15) is 0 Å². The first-order valence-electron chi connectivity index (χ1n) is 6.30. The summed E-state index contributed by atoms with van der Waals surface area (Å²) in [5.41, 5.74) is 2.84. The Balaban J connectivity index is 2.41. The van der Waals surface area contributed by atoms with Crippen LogP contribution in [0.5, 0.6) is 0 Å². The van der Waals surface area contributed by atoms with Crippen molar-refractivity contribution < 1.29 is 9.90 Å². The van der Waals surface area contributed by atoms with Crippen molar-refractivity contribution in [3.05, 3.63) is 49.7 Å². The molecule has 0 aliphatic carbocycles. The molecule has 0 aromatic carbocycles. The average molecular weight is 310 g/mol. The van der Waals surface area contributed by atoms with Gasteiger partial charge in [-0.2, -0.15) is 4.57 Å². The second-order valence-electron chi connectivity index (χ2n) is 4.44. The molecule has 0 fully saturated rings. The second kappa shape index (κ2) is 6.32. The van der Waals surface area contributed by atoms with E-state index in [1.165, 1.54) is 12.5 Å². The van der Waals surface area contributed by atoms with Gasteiger partial charge in [-0.15, -0.1) is 0 Å². The maximum atomic E-state index is 12.2. The van der Waals surface area contributed by atoms with Gasteiger partial charge in [0.05, 0.1) is 31.2 Å². The van der Waals surface area contributed by atoms with E-state index in [0.717, 1.165) is 0 Å². The molecule has 0 saturated heterocycles. The number of H-pyrrole nitrogens is 2. The van der Waals surface area contributed by atoms with Crippen molar-refractivity contribution in [1.82, 2.24) is 24.1 Å². The van der Waals surface area contributed by atoms with Gasteiger partial charge in [-0.05, 0) is 0 Å². The first kappa shape index (κ1) is 15.6. The van der Waals surface area contributed by atoms with Crippen LogP contribution in [0.1, 0.15) is 10.5 Å². The van der Waals surface area contributed by atoms with Crippen LogP contribution >= 0.6 is 0 Å². The largest absolute Gasteiger partial charge is 0.395 e. The number of aromatic nitrogens is 5. The van der Waals surface area contributed by atoms with Gasteiger partial charge in [-0.3, -0.25) is 9.78 Å². The van der Waals surface area contributed by atoms with E-state index < -0.39 is 35.6 Å². The summed E-state index contributed by atoms with van der Waals surface area (Å²) in [5, 5.41) is 8.83. The lowest BCUT2D eigenvalue weighted by atomic mass is 10.1. The molecule has 0 saturated carbocycles. The van der Waals surface area contributed by atoms with Gasteiger partial charge in [-0.1, -0.05) is 0 Å². The summed E-state index contributed by atoms with van der Waals surface area (Å²) in [4.78, 5) is 55.8. The fraction of sp³-hybridized carbons (Fsp3) is 0.364. The summed E-state index contributed by atoms with van der Waals surface area (Å²) < 4.78 is 0.787. The third kappa shape index (κ3) is 2.94. The Morgan fingerprint density at radius 2 is 2.09 bits per heavy atom.